The quantitative estimate of drug-likeness (QED) is 0.719. The molecule has 0 bridgehead atoms. The van der Waals surface area contributed by atoms with Crippen molar-refractivity contribution in [3.8, 4) is 0 Å². The van der Waals surface area contributed by atoms with Gasteiger partial charge in [-0.1, -0.05) is 0 Å². The molecule has 18 heavy (non-hydrogen) atoms. The lowest BCUT2D eigenvalue weighted by molar-refractivity contribution is -0.122. The molecule has 1 atom stereocenters. The van der Waals surface area contributed by atoms with Crippen LogP contribution in [0.4, 0.5) is 5.82 Å². The molecule has 6 heteroatoms. The molecule has 0 aromatic carbocycles. The number of hydrogen-bond acceptors (Lipinski definition) is 4. The number of anilines is 1. The van der Waals surface area contributed by atoms with Crippen LogP contribution in [-0.4, -0.2) is 28.5 Å². The number of nitrogens with zero attached hydrogens (tertiary/aromatic N) is 1. The molecule has 2 fully saturated rings. The summed E-state index contributed by atoms with van der Waals surface area (Å²) in [5.41, 5.74) is -0.116. The van der Waals surface area contributed by atoms with Crippen LogP contribution in [0.2, 0.25) is 0 Å². The van der Waals surface area contributed by atoms with Gasteiger partial charge in [-0.15, -0.1) is 0 Å². The first kappa shape index (κ1) is 11.3. The molecule has 3 N–H and O–H groups in total. The first-order chi connectivity index (χ1) is 8.70. The molecule has 2 heterocycles. The number of nitrogens with one attached hydrogen (secondary N) is 3. The first-order valence-corrected chi connectivity index (χ1v) is 6.35. The molecular weight excluding hydrogens is 232 g/mol. The molecule has 1 aliphatic heterocycles. The number of aromatic amines is 1. The van der Waals surface area contributed by atoms with E-state index in [0.29, 0.717) is 24.7 Å². The van der Waals surface area contributed by atoms with Gasteiger partial charge in [0.05, 0.1) is 0 Å². The highest BCUT2D eigenvalue weighted by Gasteiger charge is 2.27. The Balaban J connectivity index is 1.71. The van der Waals surface area contributed by atoms with E-state index in [1.165, 1.54) is 6.07 Å². The zero-order chi connectivity index (χ0) is 12.5. The SMILES string of the molecule is O=C1CCC(Nc2cc(=O)[nH]c(C3CC3)n2)CN1. The van der Waals surface area contributed by atoms with Crippen LogP contribution in [0, 0.1) is 0 Å². The van der Waals surface area contributed by atoms with Gasteiger partial charge in [-0.05, 0) is 19.3 Å². The molecule has 3 rings (SSSR count). The number of piperidine rings is 1. The fourth-order valence-electron chi connectivity index (χ4n) is 2.17. The van der Waals surface area contributed by atoms with Crippen LogP contribution in [0.3, 0.4) is 0 Å². The Morgan fingerprint density at radius 1 is 1.28 bits per heavy atom. The van der Waals surface area contributed by atoms with Gasteiger partial charge in [-0.3, -0.25) is 9.59 Å². The number of amides is 1. The van der Waals surface area contributed by atoms with E-state index < -0.39 is 0 Å². The van der Waals surface area contributed by atoms with Crippen LogP contribution in [0.5, 0.6) is 0 Å². The van der Waals surface area contributed by atoms with Crippen molar-refractivity contribution < 1.29 is 4.79 Å². The highest BCUT2D eigenvalue weighted by atomic mass is 16.1. The number of hydrogen-bond donors (Lipinski definition) is 3. The maximum Gasteiger partial charge on any atom is 0.252 e. The van der Waals surface area contributed by atoms with Crippen molar-refractivity contribution in [2.24, 2.45) is 0 Å². The van der Waals surface area contributed by atoms with E-state index in [1.807, 2.05) is 0 Å². The van der Waals surface area contributed by atoms with E-state index in [9.17, 15) is 9.59 Å². The maximum atomic E-state index is 11.5. The third-order valence-electron chi connectivity index (χ3n) is 3.34. The van der Waals surface area contributed by atoms with E-state index in [0.717, 1.165) is 25.1 Å². The molecule has 1 amide bonds. The lowest BCUT2D eigenvalue weighted by atomic mass is 10.1. The Morgan fingerprint density at radius 2 is 2.11 bits per heavy atom. The van der Waals surface area contributed by atoms with Crippen LogP contribution in [0.25, 0.3) is 0 Å². The average Bonchev–Trinajstić information content (AvgIpc) is 3.15. The summed E-state index contributed by atoms with van der Waals surface area (Å²) < 4.78 is 0. The van der Waals surface area contributed by atoms with Crippen LogP contribution < -0.4 is 16.2 Å². The molecule has 1 aromatic heterocycles. The molecule has 1 aliphatic carbocycles. The lowest BCUT2D eigenvalue weighted by Gasteiger charge is -2.23. The lowest BCUT2D eigenvalue weighted by Crippen LogP contribution is -2.42. The number of H-pyrrole nitrogens is 1. The summed E-state index contributed by atoms with van der Waals surface area (Å²) in [4.78, 5) is 29.8. The Labute approximate surface area is 104 Å². The summed E-state index contributed by atoms with van der Waals surface area (Å²) in [5.74, 6) is 1.91. The zero-order valence-electron chi connectivity index (χ0n) is 10.0. The van der Waals surface area contributed by atoms with Crippen molar-refractivity contribution in [1.82, 2.24) is 15.3 Å². The highest BCUT2D eigenvalue weighted by molar-refractivity contribution is 5.76. The van der Waals surface area contributed by atoms with E-state index >= 15 is 0 Å². The molecule has 1 aromatic rings. The van der Waals surface area contributed by atoms with Crippen molar-refractivity contribution in [1.29, 1.82) is 0 Å². The molecule has 2 aliphatic rings. The van der Waals surface area contributed by atoms with Gasteiger partial charge in [0.1, 0.15) is 11.6 Å². The number of carbonyl (C=O) groups excluding carboxylic acids is 1. The number of rotatable bonds is 3. The molecule has 96 valence electrons. The summed E-state index contributed by atoms with van der Waals surface area (Å²) in [6.45, 7) is 0.589. The minimum atomic E-state index is -0.116. The standard InChI is InChI=1S/C12H16N4O2/c17-10-4-3-8(6-13-10)14-9-5-11(18)16-12(15-9)7-1-2-7/h5,7-8H,1-4,6H2,(H,13,17)(H2,14,15,16,18). The van der Waals surface area contributed by atoms with Gasteiger partial charge < -0.3 is 15.6 Å². The Morgan fingerprint density at radius 3 is 2.78 bits per heavy atom. The van der Waals surface area contributed by atoms with Gasteiger partial charge in [-0.25, -0.2) is 4.98 Å². The van der Waals surface area contributed by atoms with E-state index in [-0.39, 0.29) is 17.5 Å². The largest absolute Gasteiger partial charge is 0.365 e. The summed E-state index contributed by atoms with van der Waals surface area (Å²) in [5, 5.41) is 6.02. The van der Waals surface area contributed by atoms with Crippen molar-refractivity contribution in [2.75, 3.05) is 11.9 Å². The predicted molar refractivity (Wildman–Crippen MR) is 66.5 cm³/mol. The highest BCUT2D eigenvalue weighted by Crippen LogP contribution is 2.37. The Kier molecular flexibility index (Phi) is 2.77. The summed E-state index contributed by atoms with van der Waals surface area (Å²) in [6.07, 6.45) is 3.51. The topological polar surface area (TPSA) is 86.9 Å². The predicted octanol–water partition coefficient (Wildman–Crippen LogP) is 0.338. The monoisotopic (exact) mass is 248 g/mol. The second kappa shape index (κ2) is 4.44. The molecule has 1 unspecified atom stereocenters. The van der Waals surface area contributed by atoms with E-state index in [2.05, 4.69) is 20.6 Å². The van der Waals surface area contributed by atoms with Crippen LogP contribution in [-0.2, 0) is 4.79 Å². The zero-order valence-corrected chi connectivity index (χ0v) is 10.0. The van der Waals surface area contributed by atoms with Gasteiger partial charge in [-0.2, -0.15) is 0 Å². The smallest absolute Gasteiger partial charge is 0.252 e. The minimum Gasteiger partial charge on any atom is -0.365 e. The summed E-state index contributed by atoms with van der Waals surface area (Å²) in [6, 6.07) is 1.63. The average molecular weight is 248 g/mol. The molecule has 0 radical (unpaired) electrons. The van der Waals surface area contributed by atoms with Crippen molar-refractivity contribution in [3.63, 3.8) is 0 Å². The third-order valence-corrected chi connectivity index (χ3v) is 3.34. The van der Waals surface area contributed by atoms with Gasteiger partial charge in [0.25, 0.3) is 5.56 Å². The fraction of sp³-hybridized carbons (Fsp3) is 0.583. The third kappa shape index (κ3) is 2.52. The summed E-state index contributed by atoms with van der Waals surface area (Å²) >= 11 is 0. The Bertz CT molecular complexity index is 511. The first-order valence-electron chi connectivity index (χ1n) is 6.35. The van der Waals surface area contributed by atoms with Gasteiger partial charge >= 0.3 is 0 Å². The number of carbonyl (C=O) groups is 1. The van der Waals surface area contributed by atoms with Gasteiger partial charge in [0.15, 0.2) is 0 Å². The van der Waals surface area contributed by atoms with E-state index in [1.54, 1.807) is 0 Å². The van der Waals surface area contributed by atoms with Gasteiger partial charge in [0, 0.05) is 31.0 Å². The minimum absolute atomic E-state index is 0.0885. The maximum absolute atomic E-state index is 11.5. The summed E-state index contributed by atoms with van der Waals surface area (Å²) in [7, 11) is 0. The van der Waals surface area contributed by atoms with Gasteiger partial charge in [0.2, 0.25) is 5.91 Å². The second-order valence-electron chi connectivity index (χ2n) is 4.97. The number of aromatic nitrogens is 2. The molecule has 1 saturated heterocycles. The fourth-order valence-corrected chi connectivity index (χ4v) is 2.17. The van der Waals surface area contributed by atoms with Crippen molar-refractivity contribution in [3.05, 3.63) is 22.2 Å². The molecule has 1 saturated carbocycles. The molecule has 0 spiro atoms. The molecule has 6 nitrogen and oxygen atoms in total. The Hall–Kier alpha value is -1.85. The molecular formula is C12H16N4O2. The second-order valence-corrected chi connectivity index (χ2v) is 4.97. The van der Waals surface area contributed by atoms with E-state index in [4.69, 9.17) is 0 Å². The van der Waals surface area contributed by atoms with Crippen LogP contribution in [0.1, 0.15) is 37.4 Å². The van der Waals surface area contributed by atoms with Crippen LogP contribution in [0.15, 0.2) is 10.9 Å². The normalized spacial score (nSPS) is 23.6. The van der Waals surface area contributed by atoms with Crippen LogP contribution >= 0.6 is 0 Å². The van der Waals surface area contributed by atoms with Crippen molar-refractivity contribution in [2.45, 2.75) is 37.6 Å². The van der Waals surface area contributed by atoms with Crippen molar-refractivity contribution >= 4 is 11.7 Å².